The fourth-order valence-electron chi connectivity index (χ4n) is 2.05. The van der Waals surface area contributed by atoms with Crippen molar-refractivity contribution in [1.29, 1.82) is 0 Å². The molecule has 0 saturated heterocycles. The highest BCUT2D eigenvalue weighted by Crippen LogP contribution is 2.21. The highest BCUT2D eigenvalue weighted by Gasteiger charge is 2.07. The smallest absolute Gasteiger partial charge is 0.123 e. The third kappa shape index (κ3) is 2.90. The minimum atomic E-state index is 0.165. The van der Waals surface area contributed by atoms with Crippen LogP contribution in [0.5, 0.6) is 0 Å². The van der Waals surface area contributed by atoms with Gasteiger partial charge in [0.25, 0.3) is 0 Å². The molecule has 2 rings (SSSR count). The Labute approximate surface area is 107 Å². The van der Waals surface area contributed by atoms with Gasteiger partial charge >= 0.3 is 0 Å². The standard InChI is InChI=1S/C14H19NO3/c1-17-8-9-18-11-15-10-12(6-7-16)13-4-2-3-5-14(13)15/h2-5,10,16H,6-9,11H2,1H3. The fraction of sp³-hybridized carbons (Fsp3) is 0.429. The van der Waals surface area contributed by atoms with Crippen molar-refractivity contribution in [3.8, 4) is 0 Å². The number of para-hydroxylation sites is 1. The van der Waals surface area contributed by atoms with Crippen molar-refractivity contribution in [3.63, 3.8) is 0 Å². The van der Waals surface area contributed by atoms with Crippen LogP contribution in [-0.2, 0) is 22.6 Å². The summed E-state index contributed by atoms with van der Waals surface area (Å²) in [6.07, 6.45) is 2.72. The quantitative estimate of drug-likeness (QED) is 0.761. The van der Waals surface area contributed by atoms with Crippen LogP contribution in [0.1, 0.15) is 5.56 Å². The number of methoxy groups -OCH3 is 1. The molecule has 1 aromatic carbocycles. The lowest BCUT2D eigenvalue weighted by atomic mass is 10.1. The molecule has 0 bridgehead atoms. The molecule has 1 heterocycles. The Bertz CT molecular complexity index is 493. The number of hydrogen-bond acceptors (Lipinski definition) is 3. The van der Waals surface area contributed by atoms with Gasteiger partial charge in [-0.2, -0.15) is 0 Å². The molecule has 0 radical (unpaired) electrons. The first-order valence-corrected chi connectivity index (χ1v) is 6.11. The SMILES string of the molecule is COCCOCn1cc(CCO)c2ccccc21. The Hall–Kier alpha value is -1.36. The van der Waals surface area contributed by atoms with E-state index in [2.05, 4.69) is 16.7 Å². The Balaban J connectivity index is 2.16. The van der Waals surface area contributed by atoms with E-state index in [1.807, 2.05) is 18.3 Å². The zero-order chi connectivity index (χ0) is 12.8. The third-order valence-corrected chi connectivity index (χ3v) is 2.91. The van der Waals surface area contributed by atoms with Gasteiger partial charge in [0.2, 0.25) is 0 Å². The van der Waals surface area contributed by atoms with E-state index in [1.54, 1.807) is 7.11 Å². The second-order valence-corrected chi connectivity index (χ2v) is 4.15. The predicted molar refractivity (Wildman–Crippen MR) is 70.6 cm³/mol. The molecule has 0 fully saturated rings. The molecule has 0 aliphatic heterocycles. The summed E-state index contributed by atoms with van der Waals surface area (Å²) in [5, 5.41) is 10.3. The molecule has 0 spiro atoms. The number of nitrogens with zero attached hydrogens (tertiary/aromatic N) is 1. The van der Waals surface area contributed by atoms with Crippen molar-refractivity contribution >= 4 is 10.9 Å². The Morgan fingerprint density at radius 3 is 2.83 bits per heavy atom. The Kier molecular flexibility index (Phi) is 4.75. The number of aromatic nitrogens is 1. The number of fused-ring (bicyclic) bond motifs is 1. The molecule has 1 aromatic heterocycles. The second-order valence-electron chi connectivity index (χ2n) is 4.15. The molecular weight excluding hydrogens is 230 g/mol. The molecule has 98 valence electrons. The maximum atomic E-state index is 9.08. The third-order valence-electron chi connectivity index (χ3n) is 2.91. The van der Waals surface area contributed by atoms with Gasteiger partial charge in [-0.3, -0.25) is 0 Å². The van der Waals surface area contributed by atoms with Crippen molar-refractivity contribution in [3.05, 3.63) is 36.0 Å². The maximum absolute atomic E-state index is 9.08. The van der Waals surface area contributed by atoms with Crippen LogP contribution in [0, 0.1) is 0 Å². The molecule has 2 aromatic rings. The molecule has 0 aliphatic carbocycles. The van der Waals surface area contributed by atoms with Crippen molar-refractivity contribution in [2.75, 3.05) is 26.9 Å². The summed E-state index contributed by atoms with van der Waals surface area (Å²) in [6, 6.07) is 8.16. The average molecular weight is 249 g/mol. The van der Waals surface area contributed by atoms with Gasteiger partial charge in [0.1, 0.15) is 6.73 Å². The Morgan fingerprint density at radius 2 is 2.06 bits per heavy atom. The van der Waals surface area contributed by atoms with Gasteiger partial charge in [-0.1, -0.05) is 18.2 Å². The van der Waals surface area contributed by atoms with Gasteiger partial charge in [0.15, 0.2) is 0 Å². The summed E-state index contributed by atoms with van der Waals surface area (Å²) in [6.45, 7) is 1.86. The van der Waals surface area contributed by atoms with E-state index in [0.29, 0.717) is 26.4 Å². The van der Waals surface area contributed by atoms with Crippen molar-refractivity contribution in [2.45, 2.75) is 13.2 Å². The van der Waals surface area contributed by atoms with Crippen molar-refractivity contribution < 1.29 is 14.6 Å². The van der Waals surface area contributed by atoms with Crippen LogP contribution in [0.4, 0.5) is 0 Å². The minimum Gasteiger partial charge on any atom is -0.396 e. The topological polar surface area (TPSA) is 43.6 Å². The summed E-state index contributed by atoms with van der Waals surface area (Å²) < 4.78 is 12.5. The van der Waals surface area contributed by atoms with Crippen molar-refractivity contribution in [1.82, 2.24) is 4.57 Å². The van der Waals surface area contributed by atoms with Crippen LogP contribution in [0.3, 0.4) is 0 Å². The number of aliphatic hydroxyl groups excluding tert-OH is 1. The van der Waals surface area contributed by atoms with E-state index in [4.69, 9.17) is 14.6 Å². The second kappa shape index (κ2) is 6.54. The maximum Gasteiger partial charge on any atom is 0.123 e. The fourth-order valence-corrected chi connectivity index (χ4v) is 2.05. The van der Waals surface area contributed by atoms with Crippen LogP contribution in [0.15, 0.2) is 30.5 Å². The highest BCUT2D eigenvalue weighted by atomic mass is 16.5. The molecule has 0 amide bonds. The number of hydrogen-bond donors (Lipinski definition) is 1. The van der Waals surface area contributed by atoms with Gasteiger partial charge in [-0.25, -0.2) is 0 Å². The van der Waals surface area contributed by atoms with E-state index < -0.39 is 0 Å². The molecule has 4 heteroatoms. The summed E-state index contributed by atoms with van der Waals surface area (Å²) in [5.41, 5.74) is 2.29. The number of ether oxygens (including phenoxy) is 2. The van der Waals surface area contributed by atoms with Gasteiger partial charge < -0.3 is 19.1 Å². The van der Waals surface area contributed by atoms with Crippen LogP contribution in [0.2, 0.25) is 0 Å². The molecule has 0 aliphatic rings. The molecule has 0 atom stereocenters. The lowest BCUT2D eigenvalue weighted by Gasteiger charge is -2.06. The van der Waals surface area contributed by atoms with Crippen LogP contribution < -0.4 is 0 Å². The number of aliphatic hydroxyl groups is 1. The lowest BCUT2D eigenvalue weighted by molar-refractivity contribution is 0.0360. The molecule has 18 heavy (non-hydrogen) atoms. The molecule has 1 N–H and O–H groups in total. The van der Waals surface area contributed by atoms with Gasteiger partial charge in [0.05, 0.1) is 18.7 Å². The first kappa shape index (κ1) is 13.1. The largest absolute Gasteiger partial charge is 0.396 e. The summed E-state index contributed by atoms with van der Waals surface area (Å²) in [7, 11) is 1.66. The lowest BCUT2D eigenvalue weighted by Crippen LogP contribution is -2.06. The average Bonchev–Trinajstić information content (AvgIpc) is 2.74. The Morgan fingerprint density at radius 1 is 1.22 bits per heavy atom. The van der Waals surface area contributed by atoms with Gasteiger partial charge in [-0.05, 0) is 18.1 Å². The zero-order valence-corrected chi connectivity index (χ0v) is 10.6. The summed E-state index contributed by atoms with van der Waals surface area (Å²) in [5.74, 6) is 0. The van der Waals surface area contributed by atoms with Crippen LogP contribution >= 0.6 is 0 Å². The monoisotopic (exact) mass is 249 g/mol. The minimum absolute atomic E-state index is 0.165. The normalized spacial score (nSPS) is 11.2. The first-order valence-electron chi connectivity index (χ1n) is 6.11. The van der Waals surface area contributed by atoms with E-state index >= 15 is 0 Å². The summed E-state index contributed by atoms with van der Waals surface area (Å²) in [4.78, 5) is 0. The molecule has 0 unspecified atom stereocenters. The number of rotatable bonds is 7. The van der Waals surface area contributed by atoms with E-state index in [1.165, 1.54) is 5.39 Å². The van der Waals surface area contributed by atoms with E-state index in [-0.39, 0.29) is 6.61 Å². The summed E-state index contributed by atoms with van der Waals surface area (Å²) >= 11 is 0. The van der Waals surface area contributed by atoms with Crippen LogP contribution in [-0.4, -0.2) is 36.6 Å². The van der Waals surface area contributed by atoms with E-state index in [0.717, 1.165) is 11.1 Å². The van der Waals surface area contributed by atoms with Crippen molar-refractivity contribution in [2.24, 2.45) is 0 Å². The highest BCUT2D eigenvalue weighted by molar-refractivity contribution is 5.83. The predicted octanol–water partition coefficient (Wildman–Crippen LogP) is 1.80. The zero-order valence-electron chi connectivity index (χ0n) is 10.6. The number of benzene rings is 1. The molecule has 0 saturated carbocycles. The molecular formula is C14H19NO3. The molecule has 4 nitrogen and oxygen atoms in total. The van der Waals surface area contributed by atoms with Gasteiger partial charge in [-0.15, -0.1) is 0 Å². The first-order chi connectivity index (χ1) is 8.86. The van der Waals surface area contributed by atoms with Crippen LogP contribution in [0.25, 0.3) is 10.9 Å². The van der Waals surface area contributed by atoms with Gasteiger partial charge in [0, 0.05) is 25.3 Å². The van der Waals surface area contributed by atoms with E-state index in [9.17, 15) is 0 Å².